The molecule has 1 aromatic carbocycles. The molecule has 2 aromatic heterocycles. The first kappa shape index (κ1) is 18.6. The maximum absolute atomic E-state index is 13.9. The molecule has 0 saturated carbocycles. The number of halogens is 1. The highest BCUT2D eigenvalue weighted by Gasteiger charge is 2.26. The van der Waals surface area contributed by atoms with Crippen LogP contribution in [0.1, 0.15) is 24.4 Å². The summed E-state index contributed by atoms with van der Waals surface area (Å²) in [7, 11) is 0. The van der Waals surface area contributed by atoms with Crippen LogP contribution >= 0.6 is 11.3 Å². The number of carbonyl (C=O) groups is 1. The Morgan fingerprint density at radius 2 is 2.04 bits per heavy atom. The van der Waals surface area contributed by atoms with E-state index in [1.165, 1.54) is 16.8 Å². The number of hydrogen-bond donors (Lipinski definition) is 0. The summed E-state index contributed by atoms with van der Waals surface area (Å²) in [6.07, 6.45) is 1.59. The first-order chi connectivity index (χ1) is 13.6. The Hall–Kier alpha value is -2.80. The Bertz CT molecular complexity index is 1030. The van der Waals surface area contributed by atoms with Gasteiger partial charge in [-0.2, -0.15) is 5.10 Å². The second-order valence-corrected chi connectivity index (χ2v) is 7.83. The molecule has 3 heterocycles. The zero-order valence-electron chi connectivity index (χ0n) is 15.3. The lowest BCUT2D eigenvalue weighted by atomic mass is 10.0. The van der Waals surface area contributed by atoms with E-state index in [1.54, 1.807) is 40.5 Å². The lowest BCUT2D eigenvalue weighted by molar-refractivity contribution is -0.132. The van der Waals surface area contributed by atoms with E-state index in [9.17, 15) is 14.0 Å². The topological polar surface area (TPSA) is 55.2 Å². The van der Waals surface area contributed by atoms with Crippen LogP contribution < -0.4 is 5.56 Å². The van der Waals surface area contributed by atoms with Gasteiger partial charge in [0.15, 0.2) is 0 Å². The molecule has 0 aliphatic carbocycles. The number of thiophene rings is 1. The van der Waals surface area contributed by atoms with E-state index < -0.39 is 0 Å². The van der Waals surface area contributed by atoms with E-state index in [1.807, 2.05) is 17.5 Å². The number of likely N-dealkylation sites (tertiary alicyclic amines) is 1. The Labute approximate surface area is 166 Å². The van der Waals surface area contributed by atoms with Gasteiger partial charge in [0.05, 0.1) is 17.3 Å². The predicted octanol–water partition coefficient (Wildman–Crippen LogP) is 3.52. The van der Waals surface area contributed by atoms with Gasteiger partial charge in [-0.05, 0) is 42.0 Å². The quantitative estimate of drug-likeness (QED) is 0.677. The number of rotatable bonds is 4. The van der Waals surface area contributed by atoms with Crippen molar-refractivity contribution in [3.63, 3.8) is 0 Å². The van der Waals surface area contributed by atoms with E-state index >= 15 is 0 Å². The number of amides is 1. The number of piperidine rings is 1. The highest BCUT2D eigenvalue weighted by atomic mass is 32.1. The van der Waals surface area contributed by atoms with Gasteiger partial charge >= 0.3 is 0 Å². The van der Waals surface area contributed by atoms with Gasteiger partial charge in [0.2, 0.25) is 5.91 Å². The first-order valence-electron chi connectivity index (χ1n) is 9.27. The monoisotopic (exact) mass is 397 g/mol. The zero-order chi connectivity index (χ0) is 19.5. The number of benzene rings is 1. The van der Waals surface area contributed by atoms with Crippen LogP contribution in [0.2, 0.25) is 0 Å². The zero-order valence-corrected chi connectivity index (χ0v) is 16.1. The van der Waals surface area contributed by atoms with Crippen molar-refractivity contribution in [3.8, 4) is 10.6 Å². The molecule has 0 N–H and O–H groups in total. The van der Waals surface area contributed by atoms with E-state index in [4.69, 9.17) is 0 Å². The van der Waals surface area contributed by atoms with Crippen molar-refractivity contribution >= 4 is 17.2 Å². The predicted molar refractivity (Wildman–Crippen MR) is 107 cm³/mol. The second-order valence-electron chi connectivity index (χ2n) is 6.88. The van der Waals surface area contributed by atoms with Gasteiger partial charge in [-0.1, -0.05) is 24.3 Å². The second kappa shape index (κ2) is 8.06. The van der Waals surface area contributed by atoms with Crippen molar-refractivity contribution in [3.05, 3.63) is 75.6 Å². The molecule has 0 radical (unpaired) electrons. The summed E-state index contributed by atoms with van der Waals surface area (Å²) >= 11 is 1.57. The van der Waals surface area contributed by atoms with Gasteiger partial charge in [-0.25, -0.2) is 9.07 Å². The van der Waals surface area contributed by atoms with Gasteiger partial charge in [0.25, 0.3) is 5.56 Å². The number of hydrogen-bond acceptors (Lipinski definition) is 4. The minimum atomic E-state index is -0.369. The molecule has 144 valence electrons. The van der Waals surface area contributed by atoms with Gasteiger partial charge in [0, 0.05) is 19.2 Å². The molecule has 1 saturated heterocycles. The molecule has 0 bridgehead atoms. The molecule has 5 nitrogen and oxygen atoms in total. The van der Waals surface area contributed by atoms with Crippen molar-refractivity contribution < 1.29 is 9.18 Å². The molecule has 7 heteroatoms. The first-order valence-corrected chi connectivity index (χ1v) is 10.1. The van der Waals surface area contributed by atoms with Crippen molar-refractivity contribution in [1.82, 2.24) is 14.7 Å². The van der Waals surface area contributed by atoms with Crippen LogP contribution in [0.4, 0.5) is 4.39 Å². The summed E-state index contributed by atoms with van der Waals surface area (Å²) in [6, 6.07) is 13.3. The molecule has 1 aliphatic rings. The van der Waals surface area contributed by atoms with E-state index in [-0.39, 0.29) is 29.7 Å². The molecule has 0 spiro atoms. The van der Waals surface area contributed by atoms with Crippen LogP contribution in [0, 0.1) is 5.82 Å². The average molecular weight is 397 g/mol. The summed E-state index contributed by atoms with van der Waals surface area (Å²) in [5.41, 5.74) is 0.975. The van der Waals surface area contributed by atoms with Crippen LogP contribution in [0.25, 0.3) is 10.6 Å². The summed E-state index contributed by atoms with van der Waals surface area (Å²) in [6.45, 7) is 1.03. The molecule has 1 atom stereocenters. The summed E-state index contributed by atoms with van der Waals surface area (Å²) in [5.74, 6) is -0.497. The third kappa shape index (κ3) is 3.89. The van der Waals surface area contributed by atoms with E-state index in [2.05, 4.69) is 5.10 Å². The summed E-state index contributed by atoms with van der Waals surface area (Å²) in [4.78, 5) is 27.8. The van der Waals surface area contributed by atoms with Gasteiger partial charge in [-0.15, -0.1) is 11.3 Å². The van der Waals surface area contributed by atoms with Crippen LogP contribution in [-0.2, 0) is 11.2 Å². The maximum atomic E-state index is 13.9. The van der Waals surface area contributed by atoms with E-state index in [0.29, 0.717) is 18.7 Å². The summed E-state index contributed by atoms with van der Waals surface area (Å²) in [5, 5.41) is 6.52. The van der Waals surface area contributed by atoms with Gasteiger partial charge in [-0.3, -0.25) is 9.59 Å². The highest BCUT2D eigenvalue weighted by molar-refractivity contribution is 7.13. The fourth-order valence-electron chi connectivity index (χ4n) is 3.54. The van der Waals surface area contributed by atoms with Gasteiger partial charge in [0.1, 0.15) is 11.5 Å². The Kier molecular flexibility index (Phi) is 5.34. The van der Waals surface area contributed by atoms with E-state index in [0.717, 1.165) is 23.4 Å². The van der Waals surface area contributed by atoms with Crippen LogP contribution in [-0.4, -0.2) is 33.7 Å². The minimum Gasteiger partial charge on any atom is -0.340 e. The average Bonchev–Trinajstić information content (AvgIpc) is 3.25. The molecular weight excluding hydrogens is 377 g/mol. The third-order valence-electron chi connectivity index (χ3n) is 4.99. The molecular formula is C21H20FN3O2S. The molecule has 3 aromatic rings. The number of aromatic nitrogens is 2. The lowest BCUT2D eigenvalue weighted by Crippen LogP contribution is -2.44. The van der Waals surface area contributed by atoms with Crippen molar-refractivity contribution in [2.75, 3.05) is 13.1 Å². The highest BCUT2D eigenvalue weighted by Crippen LogP contribution is 2.24. The van der Waals surface area contributed by atoms with Crippen molar-refractivity contribution in [2.24, 2.45) is 0 Å². The normalized spacial score (nSPS) is 16.9. The molecule has 1 aliphatic heterocycles. The fourth-order valence-corrected chi connectivity index (χ4v) is 4.23. The molecule has 4 rings (SSSR count). The van der Waals surface area contributed by atoms with Crippen molar-refractivity contribution in [1.29, 1.82) is 0 Å². The van der Waals surface area contributed by atoms with Crippen LogP contribution in [0.15, 0.2) is 58.7 Å². The molecule has 1 unspecified atom stereocenters. The largest absolute Gasteiger partial charge is 0.340 e. The summed E-state index contributed by atoms with van der Waals surface area (Å²) < 4.78 is 15.4. The SMILES string of the molecule is O=C(Cc1ccccc1F)N1CCCC(n2nc(-c3cccs3)ccc2=O)C1. The Balaban J connectivity index is 1.52. The van der Waals surface area contributed by atoms with Gasteiger partial charge < -0.3 is 4.90 Å². The minimum absolute atomic E-state index is 0.0248. The smallest absolute Gasteiger partial charge is 0.267 e. The van der Waals surface area contributed by atoms with Crippen LogP contribution in [0.3, 0.4) is 0 Å². The fraction of sp³-hybridized carbons (Fsp3) is 0.286. The third-order valence-corrected chi connectivity index (χ3v) is 5.89. The molecule has 28 heavy (non-hydrogen) atoms. The Morgan fingerprint density at radius 1 is 1.18 bits per heavy atom. The standard InChI is InChI=1S/C21H20FN3O2S/c22-17-7-2-1-5-15(17)13-21(27)24-11-3-6-16(14-24)25-20(26)10-9-18(23-25)19-8-4-12-28-19/h1-2,4-5,7-10,12,16H,3,6,11,13-14H2. The molecule has 1 amide bonds. The maximum Gasteiger partial charge on any atom is 0.267 e. The lowest BCUT2D eigenvalue weighted by Gasteiger charge is -2.33. The number of nitrogens with zero attached hydrogens (tertiary/aromatic N) is 3. The number of carbonyl (C=O) groups excluding carboxylic acids is 1. The Morgan fingerprint density at radius 3 is 2.82 bits per heavy atom. The van der Waals surface area contributed by atoms with Crippen molar-refractivity contribution in [2.45, 2.75) is 25.3 Å². The molecule has 1 fully saturated rings. The van der Waals surface area contributed by atoms with Crippen LogP contribution in [0.5, 0.6) is 0 Å².